The van der Waals surface area contributed by atoms with Crippen LogP contribution in [0.1, 0.15) is 46.5 Å². The van der Waals surface area contributed by atoms with Gasteiger partial charge in [-0.25, -0.2) is 4.79 Å². The van der Waals surface area contributed by atoms with Gasteiger partial charge in [0.1, 0.15) is 6.10 Å². The van der Waals surface area contributed by atoms with Gasteiger partial charge < -0.3 is 4.74 Å². The van der Waals surface area contributed by atoms with Crippen LogP contribution in [0.5, 0.6) is 0 Å². The van der Waals surface area contributed by atoms with Crippen molar-refractivity contribution < 1.29 is 9.53 Å². The van der Waals surface area contributed by atoms with E-state index in [1.165, 1.54) is 16.7 Å². The van der Waals surface area contributed by atoms with Crippen LogP contribution in [0.4, 0.5) is 0 Å². The van der Waals surface area contributed by atoms with E-state index >= 15 is 0 Å². The number of allylic oxidation sites excluding steroid dienone is 3. The second kappa shape index (κ2) is 4.91. The highest BCUT2D eigenvalue weighted by Crippen LogP contribution is 2.31. The molecule has 1 aliphatic heterocycles. The van der Waals surface area contributed by atoms with E-state index in [9.17, 15) is 4.79 Å². The Hall–Kier alpha value is -1.31. The second-order valence-electron chi connectivity index (χ2n) is 5.09. The van der Waals surface area contributed by atoms with Crippen molar-refractivity contribution in [3.8, 4) is 0 Å². The maximum atomic E-state index is 11.6. The molecule has 0 bridgehead atoms. The summed E-state index contributed by atoms with van der Waals surface area (Å²) in [5.41, 5.74) is 4.70. The summed E-state index contributed by atoms with van der Waals surface area (Å²) in [5, 5.41) is 0. The molecule has 0 unspecified atom stereocenters. The lowest BCUT2D eigenvalue weighted by Gasteiger charge is -2.15. The van der Waals surface area contributed by atoms with Gasteiger partial charge in [0.05, 0.1) is 0 Å². The number of fused-ring (bicyclic) bond motifs is 1. The normalized spacial score (nSPS) is 32.2. The molecule has 0 aromatic carbocycles. The minimum atomic E-state index is -0.136. The van der Waals surface area contributed by atoms with Gasteiger partial charge in [0.25, 0.3) is 0 Å². The smallest absolute Gasteiger partial charge is 0.334 e. The third-order valence-corrected chi connectivity index (χ3v) is 3.64. The fourth-order valence-corrected chi connectivity index (χ4v) is 2.42. The number of hydrogen-bond acceptors (Lipinski definition) is 2. The predicted molar refractivity (Wildman–Crippen MR) is 68.6 cm³/mol. The number of rotatable bonds is 0. The first kappa shape index (κ1) is 12.2. The molecule has 1 heterocycles. The van der Waals surface area contributed by atoms with E-state index in [1.807, 2.05) is 6.92 Å². The molecule has 0 saturated heterocycles. The first-order valence-corrected chi connectivity index (χ1v) is 6.30. The minimum absolute atomic E-state index is 0.0269. The van der Waals surface area contributed by atoms with Crippen molar-refractivity contribution >= 4 is 5.97 Å². The molecule has 1 aliphatic carbocycles. The van der Waals surface area contributed by atoms with Crippen LogP contribution in [-0.2, 0) is 9.53 Å². The number of esters is 1. The van der Waals surface area contributed by atoms with E-state index in [0.29, 0.717) is 0 Å². The third-order valence-electron chi connectivity index (χ3n) is 3.64. The van der Waals surface area contributed by atoms with Crippen molar-refractivity contribution in [1.29, 1.82) is 0 Å². The van der Waals surface area contributed by atoms with Gasteiger partial charge >= 0.3 is 5.97 Å². The number of carbonyl (C=O) groups is 1. The van der Waals surface area contributed by atoms with Gasteiger partial charge in [-0.15, -0.1) is 0 Å². The van der Waals surface area contributed by atoms with E-state index in [4.69, 9.17) is 4.74 Å². The molecule has 0 aromatic rings. The van der Waals surface area contributed by atoms with Gasteiger partial charge in [-0.1, -0.05) is 23.3 Å². The Labute approximate surface area is 103 Å². The summed E-state index contributed by atoms with van der Waals surface area (Å²) in [4.78, 5) is 11.6. The fraction of sp³-hybridized carbons (Fsp3) is 0.533. The van der Waals surface area contributed by atoms with E-state index < -0.39 is 0 Å². The van der Waals surface area contributed by atoms with Crippen LogP contribution < -0.4 is 0 Å². The molecule has 0 spiro atoms. The largest absolute Gasteiger partial charge is 0.454 e. The summed E-state index contributed by atoms with van der Waals surface area (Å²) in [7, 11) is 0. The molecule has 1 atom stereocenters. The fourth-order valence-electron chi connectivity index (χ4n) is 2.42. The minimum Gasteiger partial charge on any atom is -0.454 e. The zero-order valence-electron chi connectivity index (χ0n) is 10.9. The van der Waals surface area contributed by atoms with E-state index in [0.717, 1.165) is 31.3 Å². The van der Waals surface area contributed by atoms with Crippen molar-refractivity contribution in [1.82, 2.24) is 0 Å². The first-order valence-electron chi connectivity index (χ1n) is 6.30. The van der Waals surface area contributed by atoms with Crippen LogP contribution in [0, 0.1) is 0 Å². The molecule has 0 fully saturated rings. The molecule has 2 heteroatoms. The standard InChI is InChI=1S/C15H20O2/c1-10-5-4-6-11(2)9-14-13(8-7-10)12(3)15(16)17-14/h6-7,14H,4-5,8-9H2,1-3H3/b10-7+,11-6+/t14-/m1/s1. The van der Waals surface area contributed by atoms with Crippen molar-refractivity contribution in [3.05, 3.63) is 34.4 Å². The van der Waals surface area contributed by atoms with Crippen LogP contribution in [-0.4, -0.2) is 12.1 Å². The molecule has 0 radical (unpaired) electrons. The maximum Gasteiger partial charge on any atom is 0.334 e. The summed E-state index contributed by atoms with van der Waals surface area (Å²) in [6.07, 6.45) is 8.40. The van der Waals surface area contributed by atoms with Crippen LogP contribution >= 0.6 is 0 Å². The molecule has 0 N–H and O–H groups in total. The van der Waals surface area contributed by atoms with Gasteiger partial charge in [-0.3, -0.25) is 0 Å². The lowest BCUT2D eigenvalue weighted by atomic mass is 9.94. The van der Waals surface area contributed by atoms with Gasteiger partial charge in [-0.2, -0.15) is 0 Å². The van der Waals surface area contributed by atoms with Gasteiger partial charge in [-0.05, 0) is 45.6 Å². The summed E-state index contributed by atoms with van der Waals surface area (Å²) in [5.74, 6) is -0.136. The highest BCUT2D eigenvalue weighted by atomic mass is 16.5. The Morgan fingerprint density at radius 3 is 2.71 bits per heavy atom. The Bertz CT molecular complexity index is 424. The van der Waals surface area contributed by atoms with Crippen molar-refractivity contribution in [2.24, 2.45) is 0 Å². The summed E-state index contributed by atoms with van der Waals surface area (Å²) < 4.78 is 5.43. The lowest BCUT2D eigenvalue weighted by Crippen LogP contribution is -2.12. The van der Waals surface area contributed by atoms with Crippen LogP contribution in [0.3, 0.4) is 0 Å². The maximum absolute atomic E-state index is 11.6. The molecule has 0 amide bonds. The molecular formula is C15H20O2. The van der Waals surface area contributed by atoms with E-state index in [2.05, 4.69) is 26.0 Å². The molecule has 92 valence electrons. The number of carbonyl (C=O) groups excluding carboxylic acids is 1. The third kappa shape index (κ3) is 2.68. The van der Waals surface area contributed by atoms with Crippen LogP contribution in [0.2, 0.25) is 0 Å². The van der Waals surface area contributed by atoms with Crippen molar-refractivity contribution in [3.63, 3.8) is 0 Å². The lowest BCUT2D eigenvalue weighted by molar-refractivity contribution is -0.139. The predicted octanol–water partition coefficient (Wildman–Crippen LogP) is 3.69. The van der Waals surface area contributed by atoms with Gasteiger partial charge in [0.2, 0.25) is 0 Å². The zero-order valence-corrected chi connectivity index (χ0v) is 10.9. The molecule has 2 aliphatic rings. The van der Waals surface area contributed by atoms with Crippen molar-refractivity contribution in [2.45, 2.75) is 52.6 Å². The van der Waals surface area contributed by atoms with Crippen LogP contribution in [0.25, 0.3) is 0 Å². The Morgan fingerprint density at radius 1 is 1.18 bits per heavy atom. The molecule has 2 nitrogen and oxygen atoms in total. The van der Waals surface area contributed by atoms with Gasteiger partial charge in [0.15, 0.2) is 0 Å². The molecule has 0 aromatic heterocycles. The summed E-state index contributed by atoms with van der Waals surface area (Å²) in [6, 6.07) is 0. The quantitative estimate of drug-likeness (QED) is 0.470. The average molecular weight is 232 g/mol. The number of ether oxygens (including phenoxy) is 1. The molecular weight excluding hydrogens is 212 g/mol. The second-order valence-corrected chi connectivity index (χ2v) is 5.09. The number of hydrogen-bond donors (Lipinski definition) is 0. The average Bonchev–Trinajstić information content (AvgIpc) is 2.52. The van der Waals surface area contributed by atoms with E-state index in [-0.39, 0.29) is 12.1 Å². The van der Waals surface area contributed by atoms with Crippen LogP contribution in [0.15, 0.2) is 34.4 Å². The van der Waals surface area contributed by atoms with E-state index in [1.54, 1.807) is 0 Å². The van der Waals surface area contributed by atoms with Gasteiger partial charge in [0, 0.05) is 12.0 Å². The zero-order chi connectivity index (χ0) is 12.4. The molecule has 2 rings (SSSR count). The Kier molecular flexibility index (Phi) is 3.51. The summed E-state index contributed by atoms with van der Waals surface area (Å²) >= 11 is 0. The molecule has 17 heavy (non-hydrogen) atoms. The highest BCUT2D eigenvalue weighted by molar-refractivity contribution is 5.91. The summed E-state index contributed by atoms with van der Waals surface area (Å²) in [6.45, 7) is 6.17. The highest BCUT2D eigenvalue weighted by Gasteiger charge is 2.30. The van der Waals surface area contributed by atoms with Crippen molar-refractivity contribution in [2.75, 3.05) is 0 Å². The molecule has 0 saturated carbocycles. The Balaban J connectivity index is 2.30. The monoisotopic (exact) mass is 232 g/mol. The first-order chi connectivity index (χ1) is 8.08. The SMILES string of the molecule is CC1=C2C/C=C(\C)CC/C=C(\C)C[C@H]2OC1=O. The topological polar surface area (TPSA) is 26.3 Å². The Morgan fingerprint density at radius 2 is 1.94 bits per heavy atom.